The SMILES string of the molecule is O=[N+]([O-])c1c([18F])c([18F])c([18F])c([18F])c1[18F]. The van der Waals surface area contributed by atoms with E-state index in [0.29, 0.717) is 0 Å². The first-order chi connectivity index (χ1) is 6.37. The van der Waals surface area contributed by atoms with Gasteiger partial charge < -0.3 is 0 Å². The first kappa shape index (κ1) is 10.4. The number of halogens is 5. The molecule has 0 aromatic heterocycles. The van der Waals surface area contributed by atoms with Crippen LogP contribution in [-0.4, -0.2) is 4.92 Å². The maximum Gasteiger partial charge on any atom is 0.346 e. The van der Waals surface area contributed by atoms with E-state index in [-0.39, 0.29) is 0 Å². The molecule has 0 bridgehead atoms. The molecule has 0 unspecified atom stereocenters. The van der Waals surface area contributed by atoms with Gasteiger partial charge in [0, 0.05) is 0 Å². The van der Waals surface area contributed by atoms with Crippen LogP contribution in [0.3, 0.4) is 0 Å². The Balaban J connectivity index is 3.68. The first-order valence-electron chi connectivity index (χ1n) is 3.03. The minimum atomic E-state index is -2.43. The predicted molar refractivity (Wildman–Crippen MR) is 32.9 cm³/mol. The van der Waals surface area contributed by atoms with Crippen molar-refractivity contribution in [2.75, 3.05) is 0 Å². The summed E-state index contributed by atoms with van der Waals surface area (Å²) in [5.74, 6) is -12.0. The van der Waals surface area contributed by atoms with Crippen molar-refractivity contribution in [2.24, 2.45) is 0 Å². The maximum absolute atomic E-state index is 12.5. The third-order valence-electron chi connectivity index (χ3n) is 1.37. The van der Waals surface area contributed by atoms with E-state index in [9.17, 15) is 32.1 Å². The van der Waals surface area contributed by atoms with Gasteiger partial charge in [-0.1, -0.05) is 0 Å². The van der Waals surface area contributed by atoms with Gasteiger partial charge in [0.2, 0.25) is 29.1 Å². The quantitative estimate of drug-likeness (QED) is 0.233. The Morgan fingerprint density at radius 3 is 1.36 bits per heavy atom. The molecule has 1 aromatic carbocycles. The summed E-state index contributed by atoms with van der Waals surface area (Å²) in [6.45, 7) is 0. The standard InChI is InChI=1S/C6F5NO2/c7-1-2(8)4(10)6(12(13)14)5(11)3(1)9/i7-1,8-1,9-1,10-1,11-1. The fourth-order valence-electron chi connectivity index (χ4n) is 0.754. The Bertz CT molecular complexity index is 390. The summed E-state index contributed by atoms with van der Waals surface area (Å²) in [5, 5.41) is 9.93. The lowest BCUT2D eigenvalue weighted by Crippen LogP contribution is -2.06. The predicted octanol–water partition coefficient (Wildman–Crippen LogP) is 2.29. The largest absolute Gasteiger partial charge is 0.346 e. The lowest BCUT2D eigenvalue weighted by Gasteiger charge is -2.00. The molecule has 0 atom stereocenters. The highest BCUT2D eigenvalue weighted by Gasteiger charge is 2.33. The molecule has 14 heavy (non-hydrogen) atoms. The van der Waals surface area contributed by atoms with Gasteiger partial charge in [-0.05, 0) is 0 Å². The Hall–Kier alpha value is -1.73. The Morgan fingerprint density at radius 2 is 1.07 bits per heavy atom. The van der Waals surface area contributed by atoms with Gasteiger partial charge in [-0.3, -0.25) is 10.1 Å². The van der Waals surface area contributed by atoms with Crippen LogP contribution in [0.25, 0.3) is 0 Å². The van der Waals surface area contributed by atoms with E-state index in [4.69, 9.17) is 0 Å². The van der Waals surface area contributed by atoms with E-state index in [0.717, 1.165) is 0 Å². The van der Waals surface area contributed by atoms with Gasteiger partial charge in [0.15, 0.2) is 0 Å². The van der Waals surface area contributed by atoms with E-state index in [1.54, 1.807) is 0 Å². The molecule has 0 fully saturated rings. The van der Waals surface area contributed by atoms with E-state index < -0.39 is 39.7 Å². The Morgan fingerprint density at radius 1 is 0.786 bits per heavy atom. The third kappa shape index (κ3) is 1.28. The smallest absolute Gasteiger partial charge is 0.258 e. The summed E-state index contributed by atoms with van der Waals surface area (Å²) in [6.07, 6.45) is 0. The first-order valence-corrected chi connectivity index (χ1v) is 3.03. The van der Waals surface area contributed by atoms with Gasteiger partial charge in [0.1, 0.15) is 0 Å². The van der Waals surface area contributed by atoms with Crippen molar-refractivity contribution in [3.63, 3.8) is 0 Å². The molecular weight excluding hydrogens is 208 g/mol. The lowest BCUT2D eigenvalue weighted by molar-refractivity contribution is -0.390. The van der Waals surface area contributed by atoms with E-state index in [2.05, 4.69) is 0 Å². The number of nitro groups is 1. The highest BCUT2D eigenvalue weighted by atomic mass is 18.2. The Kier molecular flexibility index (Phi) is 2.37. The zero-order valence-electron chi connectivity index (χ0n) is 6.15. The van der Waals surface area contributed by atoms with Crippen LogP contribution < -0.4 is 0 Å². The van der Waals surface area contributed by atoms with E-state index >= 15 is 0 Å². The van der Waals surface area contributed by atoms with Crippen molar-refractivity contribution in [1.29, 1.82) is 0 Å². The molecule has 0 heterocycles. The van der Waals surface area contributed by atoms with Crippen LogP contribution in [0.1, 0.15) is 0 Å². The summed E-state index contributed by atoms with van der Waals surface area (Å²) in [4.78, 5) is 8.24. The second kappa shape index (κ2) is 3.20. The molecular formula is C6F5NO2. The molecule has 1 rings (SSSR count). The van der Waals surface area contributed by atoms with Gasteiger partial charge in [-0.25, -0.2) is 13.2 Å². The third-order valence-corrected chi connectivity index (χ3v) is 1.37. The molecule has 8 heteroatoms. The molecule has 0 spiro atoms. The fraction of sp³-hybridized carbons (Fsp3) is 0. The van der Waals surface area contributed by atoms with Crippen molar-refractivity contribution in [3.05, 3.63) is 39.2 Å². The zero-order valence-corrected chi connectivity index (χ0v) is 6.15. The van der Waals surface area contributed by atoms with Crippen molar-refractivity contribution in [2.45, 2.75) is 0 Å². The molecule has 76 valence electrons. The van der Waals surface area contributed by atoms with Gasteiger partial charge in [0.05, 0.1) is 4.92 Å². The van der Waals surface area contributed by atoms with Crippen LogP contribution in [0.5, 0.6) is 0 Å². The molecule has 0 aliphatic heterocycles. The topological polar surface area (TPSA) is 43.1 Å². The van der Waals surface area contributed by atoms with Crippen LogP contribution in [0.15, 0.2) is 0 Å². The molecule has 3 nitrogen and oxygen atoms in total. The molecule has 0 aliphatic carbocycles. The highest BCUT2D eigenvalue weighted by Crippen LogP contribution is 2.28. The summed E-state index contributed by atoms with van der Waals surface area (Å²) in [5.41, 5.74) is -2.05. The van der Waals surface area contributed by atoms with Crippen molar-refractivity contribution in [3.8, 4) is 0 Å². The molecule has 0 amide bonds. The summed E-state index contributed by atoms with van der Waals surface area (Å²) in [6, 6.07) is 0. The van der Waals surface area contributed by atoms with E-state index in [1.807, 2.05) is 0 Å². The average molecular weight is 208 g/mol. The fourth-order valence-corrected chi connectivity index (χ4v) is 0.754. The van der Waals surface area contributed by atoms with Crippen molar-refractivity contribution < 1.29 is 26.9 Å². The number of benzene rings is 1. The molecule has 0 radical (unpaired) electrons. The number of hydrogen-bond acceptors (Lipinski definition) is 2. The maximum atomic E-state index is 12.5. The van der Waals surface area contributed by atoms with Crippen LogP contribution in [0.2, 0.25) is 0 Å². The lowest BCUT2D eigenvalue weighted by atomic mass is 10.2. The molecule has 0 saturated carbocycles. The van der Waals surface area contributed by atoms with Crippen molar-refractivity contribution >= 4 is 5.69 Å². The molecule has 0 aliphatic rings. The normalized spacial score (nSPS) is 10.4. The zero-order chi connectivity index (χ0) is 11.0. The second-order valence-electron chi connectivity index (χ2n) is 2.18. The molecule has 0 saturated heterocycles. The number of nitrogens with zero attached hydrogens (tertiary/aromatic N) is 1. The summed E-state index contributed by atoms with van der Waals surface area (Å²) >= 11 is 0. The minimum absolute atomic E-state index is 1.68. The van der Waals surface area contributed by atoms with Crippen LogP contribution in [-0.2, 0) is 0 Å². The van der Waals surface area contributed by atoms with E-state index in [1.165, 1.54) is 0 Å². The average Bonchev–Trinajstić information content (AvgIpc) is 2.11. The number of hydrogen-bond donors (Lipinski definition) is 0. The number of rotatable bonds is 1. The highest BCUT2D eigenvalue weighted by molar-refractivity contribution is 5.35. The molecule has 0 N–H and O–H groups in total. The molecule has 1 aromatic rings. The minimum Gasteiger partial charge on any atom is -0.258 e. The van der Waals surface area contributed by atoms with Crippen molar-refractivity contribution in [1.82, 2.24) is 0 Å². The second-order valence-corrected chi connectivity index (χ2v) is 2.18. The monoisotopic (exact) mass is 208 g/mol. The van der Waals surface area contributed by atoms with Gasteiger partial charge in [0.25, 0.3) is 0 Å². The van der Waals surface area contributed by atoms with Gasteiger partial charge in [-0.15, -0.1) is 0 Å². The Labute approximate surface area is 72.9 Å². The van der Waals surface area contributed by atoms with Crippen LogP contribution in [0.4, 0.5) is 27.6 Å². The summed E-state index contributed by atoms with van der Waals surface area (Å²) < 4.78 is 61.9. The van der Waals surface area contributed by atoms with Crippen LogP contribution >= 0.6 is 0 Å². The van der Waals surface area contributed by atoms with Gasteiger partial charge in [-0.2, -0.15) is 8.78 Å². The van der Waals surface area contributed by atoms with Gasteiger partial charge >= 0.3 is 5.69 Å². The summed E-state index contributed by atoms with van der Waals surface area (Å²) in [7, 11) is 0. The number of nitro benzene ring substituents is 1. The van der Waals surface area contributed by atoms with Crippen LogP contribution in [0, 0.1) is 39.2 Å².